The van der Waals surface area contributed by atoms with E-state index >= 15 is 0 Å². The zero-order chi connectivity index (χ0) is 26.2. The fourth-order valence-electron chi connectivity index (χ4n) is 3.77. The standard InChI is InChI=1S/C28H28Cl4N2O2/c1-3-18(2)33-28(36)26(15-19-8-5-4-6-9-19)34(17-21-22(29)10-7-11-23(21)30)27(35)16-20-12-13-24(31)25(32)14-20/h4-14,18,26H,3,15-17H2,1-2H3,(H,33,36)/t18-,26+/m0/s1. The number of rotatable bonds is 10. The lowest BCUT2D eigenvalue weighted by atomic mass is 10.0. The monoisotopic (exact) mass is 564 g/mol. The Morgan fingerprint density at radius 3 is 2.11 bits per heavy atom. The Bertz CT molecular complexity index is 1180. The van der Waals surface area contributed by atoms with E-state index in [0.717, 1.165) is 12.0 Å². The van der Waals surface area contributed by atoms with Crippen molar-refractivity contribution in [1.29, 1.82) is 0 Å². The van der Waals surface area contributed by atoms with Gasteiger partial charge in [0.15, 0.2) is 0 Å². The Morgan fingerprint density at radius 2 is 1.50 bits per heavy atom. The van der Waals surface area contributed by atoms with Crippen LogP contribution in [0.15, 0.2) is 66.7 Å². The first-order valence-corrected chi connectivity index (χ1v) is 13.2. The second kappa shape index (κ2) is 13.3. The number of hydrogen-bond donors (Lipinski definition) is 1. The van der Waals surface area contributed by atoms with Crippen LogP contribution in [-0.4, -0.2) is 28.8 Å². The first-order valence-electron chi connectivity index (χ1n) is 11.7. The van der Waals surface area contributed by atoms with Crippen LogP contribution in [0.3, 0.4) is 0 Å². The fourth-order valence-corrected chi connectivity index (χ4v) is 4.61. The third-order valence-corrected chi connectivity index (χ3v) is 7.45. The first kappa shape index (κ1) is 28.3. The quantitative estimate of drug-likeness (QED) is 0.278. The van der Waals surface area contributed by atoms with Gasteiger partial charge in [0.25, 0.3) is 0 Å². The van der Waals surface area contributed by atoms with Gasteiger partial charge in [-0.1, -0.05) is 95.8 Å². The zero-order valence-corrected chi connectivity index (χ0v) is 23.1. The number of carbonyl (C=O) groups is 2. The molecule has 3 aromatic carbocycles. The molecule has 2 amide bonds. The first-order chi connectivity index (χ1) is 17.2. The lowest BCUT2D eigenvalue weighted by Crippen LogP contribution is -2.52. The minimum atomic E-state index is -0.788. The van der Waals surface area contributed by atoms with Crippen molar-refractivity contribution in [2.24, 2.45) is 0 Å². The van der Waals surface area contributed by atoms with Gasteiger partial charge in [0.2, 0.25) is 11.8 Å². The summed E-state index contributed by atoms with van der Waals surface area (Å²) in [6, 6.07) is 19.0. The molecule has 0 aliphatic heterocycles. The second-order valence-corrected chi connectivity index (χ2v) is 10.3. The van der Waals surface area contributed by atoms with Crippen LogP contribution in [0.2, 0.25) is 20.1 Å². The molecule has 2 atom stereocenters. The highest BCUT2D eigenvalue weighted by Crippen LogP contribution is 2.28. The van der Waals surface area contributed by atoms with E-state index in [2.05, 4.69) is 5.32 Å². The van der Waals surface area contributed by atoms with Crippen molar-refractivity contribution in [2.75, 3.05) is 0 Å². The molecule has 1 N–H and O–H groups in total. The minimum absolute atomic E-state index is 0.0286. The van der Waals surface area contributed by atoms with E-state index in [-0.39, 0.29) is 30.8 Å². The number of carbonyl (C=O) groups excluding carboxylic acids is 2. The molecule has 0 aromatic heterocycles. The number of nitrogens with one attached hydrogen (secondary N) is 1. The Hall–Kier alpha value is -2.24. The summed E-state index contributed by atoms with van der Waals surface area (Å²) in [6.07, 6.45) is 1.12. The van der Waals surface area contributed by atoms with Gasteiger partial charge >= 0.3 is 0 Å². The fraction of sp³-hybridized carbons (Fsp3) is 0.286. The van der Waals surface area contributed by atoms with Gasteiger partial charge in [-0.25, -0.2) is 0 Å². The lowest BCUT2D eigenvalue weighted by Gasteiger charge is -2.33. The molecule has 0 bridgehead atoms. The Balaban J connectivity index is 2.03. The Labute approximate surface area is 232 Å². The van der Waals surface area contributed by atoms with Crippen LogP contribution in [-0.2, 0) is 29.0 Å². The number of hydrogen-bond acceptors (Lipinski definition) is 2. The molecule has 190 valence electrons. The molecule has 0 spiro atoms. The van der Waals surface area contributed by atoms with E-state index in [4.69, 9.17) is 46.4 Å². The largest absolute Gasteiger partial charge is 0.352 e. The average molecular weight is 566 g/mol. The summed E-state index contributed by atoms with van der Waals surface area (Å²) in [7, 11) is 0. The van der Waals surface area contributed by atoms with Crippen LogP contribution in [0.4, 0.5) is 0 Å². The van der Waals surface area contributed by atoms with Gasteiger partial charge in [-0.2, -0.15) is 0 Å². The van der Waals surface area contributed by atoms with Crippen LogP contribution in [0.5, 0.6) is 0 Å². The van der Waals surface area contributed by atoms with Crippen molar-refractivity contribution >= 4 is 58.2 Å². The molecule has 36 heavy (non-hydrogen) atoms. The van der Waals surface area contributed by atoms with Gasteiger partial charge in [-0.05, 0) is 48.7 Å². The summed E-state index contributed by atoms with van der Waals surface area (Å²) in [5.74, 6) is -0.497. The highest BCUT2D eigenvalue weighted by molar-refractivity contribution is 6.42. The summed E-state index contributed by atoms with van der Waals surface area (Å²) in [5, 5.41) is 4.66. The molecule has 0 heterocycles. The van der Waals surface area contributed by atoms with Crippen molar-refractivity contribution in [3.05, 3.63) is 104 Å². The molecular weight excluding hydrogens is 538 g/mol. The predicted molar refractivity (Wildman–Crippen MR) is 149 cm³/mol. The van der Waals surface area contributed by atoms with Crippen LogP contribution in [0, 0.1) is 0 Å². The van der Waals surface area contributed by atoms with Crippen molar-refractivity contribution in [3.63, 3.8) is 0 Å². The number of nitrogens with zero attached hydrogens (tertiary/aromatic N) is 1. The third-order valence-electron chi connectivity index (χ3n) is 6.00. The molecular formula is C28H28Cl4N2O2. The zero-order valence-electron chi connectivity index (χ0n) is 20.1. The van der Waals surface area contributed by atoms with E-state index in [1.165, 1.54) is 0 Å². The SMILES string of the molecule is CC[C@H](C)NC(=O)[C@@H](Cc1ccccc1)N(Cc1c(Cl)cccc1Cl)C(=O)Cc1ccc(Cl)c(Cl)c1. The van der Waals surface area contributed by atoms with Crippen LogP contribution < -0.4 is 5.32 Å². The summed E-state index contributed by atoms with van der Waals surface area (Å²) in [5.41, 5.74) is 2.20. The van der Waals surface area contributed by atoms with Gasteiger partial charge < -0.3 is 10.2 Å². The van der Waals surface area contributed by atoms with E-state index in [1.807, 2.05) is 44.2 Å². The molecule has 0 aliphatic rings. The summed E-state index contributed by atoms with van der Waals surface area (Å²) >= 11 is 25.2. The van der Waals surface area contributed by atoms with Crippen molar-refractivity contribution in [3.8, 4) is 0 Å². The maximum Gasteiger partial charge on any atom is 0.243 e. The normalized spacial score (nSPS) is 12.6. The number of halogens is 4. The summed E-state index contributed by atoms with van der Waals surface area (Å²) in [4.78, 5) is 28.9. The minimum Gasteiger partial charge on any atom is -0.352 e. The molecule has 3 aromatic rings. The molecule has 0 saturated carbocycles. The van der Waals surface area contributed by atoms with Gasteiger partial charge in [-0.15, -0.1) is 0 Å². The Morgan fingerprint density at radius 1 is 0.833 bits per heavy atom. The van der Waals surface area contributed by atoms with Crippen LogP contribution in [0.1, 0.15) is 37.0 Å². The second-order valence-electron chi connectivity index (χ2n) is 8.67. The molecule has 4 nitrogen and oxygen atoms in total. The molecule has 0 saturated heterocycles. The predicted octanol–water partition coefficient (Wildman–Crippen LogP) is 7.40. The third kappa shape index (κ3) is 7.63. The topological polar surface area (TPSA) is 49.4 Å². The molecule has 0 radical (unpaired) electrons. The van der Waals surface area contributed by atoms with Crippen LogP contribution >= 0.6 is 46.4 Å². The highest BCUT2D eigenvalue weighted by atomic mass is 35.5. The summed E-state index contributed by atoms with van der Waals surface area (Å²) in [6.45, 7) is 4.00. The maximum atomic E-state index is 13.8. The molecule has 0 unspecified atom stereocenters. The van der Waals surface area contributed by atoms with Gasteiger partial charge in [0, 0.05) is 34.6 Å². The van der Waals surface area contributed by atoms with Crippen molar-refractivity contribution < 1.29 is 9.59 Å². The van der Waals surface area contributed by atoms with E-state index in [1.54, 1.807) is 41.3 Å². The van der Waals surface area contributed by atoms with Gasteiger partial charge in [-0.3, -0.25) is 9.59 Å². The molecule has 8 heteroatoms. The van der Waals surface area contributed by atoms with E-state index < -0.39 is 6.04 Å². The Kier molecular flexibility index (Phi) is 10.5. The molecule has 0 aliphatic carbocycles. The van der Waals surface area contributed by atoms with Crippen molar-refractivity contribution in [2.45, 2.75) is 51.7 Å². The maximum absolute atomic E-state index is 13.8. The van der Waals surface area contributed by atoms with Crippen LogP contribution in [0.25, 0.3) is 0 Å². The lowest BCUT2D eigenvalue weighted by molar-refractivity contribution is -0.141. The van der Waals surface area contributed by atoms with E-state index in [0.29, 0.717) is 37.6 Å². The average Bonchev–Trinajstić information content (AvgIpc) is 2.85. The van der Waals surface area contributed by atoms with E-state index in [9.17, 15) is 9.59 Å². The molecule has 0 fully saturated rings. The number of benzene rings is 3. The molecule has 3 rings (SSSR count). The number of amides is 2. The van der Waals surface area contributed by atoms with Crippen molar-refractivity contribution in [1.82, 2.24) is 10.2 Å². The van der Waals surface area contributed by atoms with Gasteiger partial charge in [0.05, 0.1) is 16.5 Å². The van der Waals surface area contributed by atoms with Gasteiger partial charge in [0.1, 0.15) is 6.04 Å². The summed E-state index contributed by atoms with van der Waals surface area (Å²) < 4.78 is 0. The highest BCUT2D eigenvalue weighted by Gasteiger charge is 2.32. The smallest absolute Gasteiger partial charge is 0.243 e.